The molecule has 2 rings (SSSR count). The van der Waals surface area contributed by atoms with E-state index in [1.54, 1.807) is 24.1 Å². The molecule has 0 saturated carbocycles. The van der Waals surface area contributed by atoms with Gasteiger partial charge in [-0.25, -0.2) is 4.68 Å². The maximum absolute atomic E-state index is 5.05. The van der Waals surface area contributed by atoms with Crippen LogP contribution < -0.4 is 0 Å². The fourth-order valence-corrected chi connectivity index (χ4v) is 1.33. The summed E-state index contributed by atoms with van der Waals surface area (Å²) in [6, 6.07) is 1.80. The van der Waals surface area contributed by atoms with Crippen LogP contribution >= 0.6 is 15.9 Å². The van der Waals surface area contributed by atoms with Gasteiger partial charge in [0, 0.05) is 7.05 Å². The zero-order chi connectivity index (χ0) is 8.55. The molecular weight excluding hydrogens is 224 g/mol. The Balaban J connectivity index is 2.57. The number of furan rings is 1. The number of aryl methyl sites for hydroxylation is 1. The molecule has 0 atom stereocenters. The number of hydrogen-bond acceptors (Lipinski definition) is 4. The Morgan fingerprint density at radius 2 is 2.42 bits per heavy atom. The van der Waals surface area contributed by atoms with Crippen molar-refractivity contribution in [1.29, 1.82) is 0 Å². The van der Waals surface area contributed by atoms with E-state index >= 15 is 0 Å². The van der Waals surface area contributed by atoms with E-state index in [0.29, 0.717) is 10.5 Å². The van der Waals surface area contributed by atoms with Gasteiger partial charge in [-0.15, -0.1) is 5.10 Å². The fraction of sp³-hybridized carbons (Fsp3) is 0.167. The van der Waals surface area contributed by atoms with E-state index in [-0.39, 0.29) is 0 Å². The molecule has 0 radical (unpaired) electrons. The zero-order valence-corrected chi connectivity index (χ0v) is 7.82. The smallest absolute Gasteiger partial charge is 0.186 e. The minimum atomic E-state index is 0.639. The third-order valence-corrected chi connectivity index (χ3v) is 2.09. The monoisotopic (exact) mass is 228 g/mol. The molecule has 0 aliphatic heterocycles. The van der Waals surface area contributed by atoms with Crippen LogP contribution in [0.25, 0.3) is 11.4 Å². The second-order valence-corrected chi connectivity index (χ2v) is 2.95. The Labute approximate surface area is 76.5 Å². The van der Waals surface area contributed by atoms with Gasteiger partial charge in [-0.2, -0.15) is 0 Å². The lowest BCUT2D eigenvalue weighted by atomic mass is 10.3. The summed E-state index contributed by atoms with van der Waals surface area (Å²) in [4.78, 5) is 0. The van der Waals surface area contributed by atoms with Crippen LogP contribution in [0.3, 0.4) is 0 Å². The number of rotatable bonds is 1. The SMILES string of the molecule is Cn1nnnc1-c1ccoc1Br. The zero-order valence-electron chi connectivity index (χ0n) is 6.23. The van der Waals surface area contributed by atoms with Gasteiger partial charge in [0.05, 0.1) is 11.8 Å². The number of nitrogens with zero attached hydrogens (tertiary/aromatic N) is 4. The molecule has 0 N–H and O–H groups in total. The van der Waals surface area contributed by atoms with Gasteiger partial charge in [0.15, 0.2) is 10.5 Å². The maximum Gasteiger partial charge on any atom is 0.186 e. The Morgan fingerprint density at radius 3 is 2.92 bits per heavy atom. The highest BCUT2D eigenvalue weighted by molar-refractivity contribution is 9.10. The first-order chi connectivity index (χ1) is 5.79. The number of tetrazole rings is 1. The lowest BCUT2D eigenvalue weighted by Crippen LogP contribution is -1.93. The summed E-state index contributed by atoms with van der Waals surface area (Å²) < 4.78 is 7.27. The topological polar surface area (TPSA) is 56.7 Å². The van der Waals surface area contributed by atoms with Crippen molar-refractivity contribution in [2.24, 2.45) is 7.05 Å². The van der Waals surface area contributed by atoms with Gasteiger partial charge in [0.1, 0.15) is 0 Å². The number of aromatic nitrogens is 4. The molecule has 2 aromatic heterocycles. The average Bonchev–Trinajstić information content (AvgIpc) is 2.59. The molecule has 5 nitrogen and oxygen atoms in total. The summed E-state index contributed by atoms with van der Waals surface area (Å²) in [7, 11) is 1.77. The first-order valence-electron chi connectivity index (χ1n) is 3.25. The third-order valence-electron chi connectivity index (χ3n) is 1.48. The Kier molecular flexibility index (Phi) is 1.69. The lowest BCUT2D eigenvalue weighted by Gasteiger charge is -1.92. The molecule has 0 aliphatic rings. The van der Waals surface area contributed by atoms with Gasteiger partial charge in [-0.3, -0.25) is 0 Å². The van der Waals surface area contributed by atoms with Crippen molar-refractivity contribution in [2.45, 2.75) is 0 Å². The summed E-state index contributed by atoms with van der Waals surface area (Å²) in [5.41, 5.74) is 0.850. The standard InChI is InChI=1S/C6H5BrN4O/c1-11-6(8-9-10-11)4-2-3-12-5(4)7/h2-3H,1H3. The second kappa shape index (κ2) is 2.71. The minimum Gasteiger partial charge on any atom is -0.457 e. The fourth-order valence-electron chi connectivity index (χ4n) is 0.911. The highest BCUT2D eigenvalue weighted by atomic mass is 79.9. The summed E-state index contributed by atoms with van der Waals surface area (Å²) in [6.07, 6.45) is 1.58. The van der Waals surface area contributed by atoms with E-state index < -0.39 is 0 Å². The Bertz CT molecular complexity index is 355. The van der Waals surface area contributed by atoms with Crippen LogP contribution in [0.2, 0.25) is 0 Å². The van der Waals surface area contributed by atoms with Crippen LogP contribution in [-0.4, -0.2) is 20.2 Å². The van der Waals surface area contributed by atoms with Crippen LogP contribution in [0.15, 0.2) is 21.4 Å². The molecule has 0 aliphatic carbocycles. The molecule has 0 fully saturated rings. The van der Waals surface area contributed by atoms with Crippen molar-refractivity contribution < 1.29 is 4.42 Å². The summed E-state index contributed by atoms with van der Waals surface area (Å²) in [5, 5.41) is 11.1. The molecule has 6 heteroatoms. The predicted molar refractivity (Wildman–Crippen MR) is 44.2 cm³/mol. The van der Waals surface area contributed by atoms with Gasteiger partial charge in [-0.1, -0.05) is 0 Å². The van der Waals surface area contributed by atoms with Crippen molar-refractivity contribution in [3.63, 3.8) is 0 Å². The van der Waals surface area contributed by atoms with Gasteiger partial charge < -0.3 is 4.42 Å². The van der Waals surface area contributed by atoms with Crippen molar-refractivity contribution in [3.8, 4) is 11.4 Å². The summed E-state index contributed by atoms with van der Waals surface area (Å²) in [6.45, 7) is 0. The molecule has 2 aromatic rings. The second-order valence-electron chi connectivity index (χ2n) is 2.23. The van der Waals surface area contributed by atoms with Gasteiger partial charge in [0.2, 0.25) is 0 Å². The van der Waals surface area contributed by atoms with Crippen LogP contribution in [0, 0.1) is 0 Å². The third kappa shape index (κ3) is 1.04. The molecule has 0 saturated heterocycles. The molecule has 0 spiro atoms. The van der Waals surface area contributed by atoms with E-state index in [2.05, 4.69) is 31.5 Å². The van der Waals surface area contributed by atoms with Crippen LogP contribution in [-0.2, 0) is 7.05 Å². The van der Waals surface area contributed by atoms with Gasteiger partial charge >= 0.3 is 0 Å². The largest absolute Gasteiger partial charge is 0.457 e. The Morgan fingerprint density at radius 1 is 1.58 bits per heavy atom. The molecule has 62 valence electrons. The van der Waals surface area contributed by atoms with E-state index in [0.717, 1.165) is 5.56 Å². The molecule has 0 aromatic carbocycles. The van der Waals surface area contributed by atoms with Crippen molar-refractivity contribution in [1.82, 2.24) is 20.2 Å². The average molecular weight is 229 g/mol. The molecule has 0 amide bonds. The number of halogens is 1. The van der Waals surface area contributed by atoms with Crippen molar-refractivity contribution in [2.75, 3.05) is 0 Å². The van der Waals surface area contributed by atoms with Crippen molar-refractivity contribution in [3.05, 3.63) is 17.0 Å². The molecular formula is C6H5BrN4O. The quantitative estimate of drug-likeness (QED) is 0.737. The van der Waals surface area contributed by atoms with Gasteiger partial charge in [0.25, 0.3) is 0 Å². The van der Waals surface area contributed by atoms with Crippen LogP contribution in [0.1, 0.15) is 0 Å². The lowest BCUT2D eigenvalue weighted by molar-refractivity contribution is 0.541. The highest BCUT2D eigenvalue weighted by Crippen LogP contribution is 2.26. The van der Waals surface area contributed by atoms with E-state index in [1.807, 2.05) is 0 Å². The molecule has 12 heavy (non-hydrogen) atoms. The summed E-state index contributed by atoms with van der Waals surface area (Å²) in [5.74, 6) is 0.677. The van der Waals surface area contributed by atoms with E-state index in [9.17, 15) is 0 Å². The first-order valence-corrected chi connectivity index (χ1v) is 4.04. The van der Waals surface area contributed by atoms with E-state index in [1.165, 1.54) is 0 Å². The summed E-state index contributed by atoms with van der Waals surface area (Å²) >= 11 is 3.25. The molecule has 0 unspecified atom stereocenters. The van der Waals surface area contributed by atoms with Crippen molar-refractivity contribution >= 4 is 15.9 Å². The molecule has 0 bridgehead atoms. The molecule has 2 heterocycles. The maximum atomic E-state index is 5.05. The number of hydrogen-bond donors (Lipinski definition) is 0. The predicted octanol–water partition coefficient (Wildman–Crippen LogP) is 1.23. The van der Waals surface area contributed by atoms with Crippen LogP contribution in [0.5, 0.6) is 0 Å². The van der Waals surface area contributed by atoms with Gasteiger partial charge in [-0.05, 0) is 32.4 Å². The van der Waals surface area contributed by atoms with Crippen LogP contribution in [0.4, 0.5) is 0 Å². The minimum absolute atomic E-state index is 0.639. The Hall–Kier alpha value is -1.17. The highest BCUT2D eigenvalue weighted by Gasteiger charge is 2.11. The first kappa shape index (κ1) is 7.48. The van der Waals surface area contributed by atoms with E-state index in [4.69, 9.17) is 4.42 Å². The normalized spacial score (nSPS) is 10.5.